The molecule has 0 aromatic carbocycles. The van der Waals surface area contributed by atoms with Crippen LogP contribution in [0.3, 0.4) is 0 Å². The number of unbranched alkanes of at least 4 members (excludes halogenated alkanes) is 3. The Morgan fingerprint density at radius 1 is 1.12 bits per heavy atom. The van der Waals surface area contributed by atoms with Crippen molar-refractivity contribution in [3.8, 4) is 0 Å². The molecule has 0 saturated carbocycles. The number of anilines is 1. The molecule has 1 aromatic rings. The zero-order valence-electron chi connectivity index (χ0n) is 11.6. The zero-order chi connectivity index (χ0) is 12.7. The summed E-state index contributed by atoms with van der Waals surface area (Å²) in [6, 6.07) is 0. The summed E-state index contributed by atoms with van der Waals surface area (Å²) in [6.45, 7) is 4.51. The molecule has 1 rings (SSSR count). The van der Waals surface area contributed by atoms with Crippen LogP contribution < -0.4 is 4.90 Å². The van der Waals surface area contributed by atoms with Crippen molar-refractivity contribution in [2.24, 2.45) is 0 Å². The lowest BCUT2D eigenvalue weighted by Crippen LogP contribution is -2.12. The van der Waals surface area contributed by atoms with Crippen molar-refractivity contribution >= 4 is 5.95 Å². The van der Waals surface area contributed by atoms with Crippen molar-refractivity contribution < 1.29 is 0 Å². The van der Waals surface area contributed by atoms with Crippen molar-refractivity contribution in [1.82, 2.24) is 9.97 Å². The van der Waals surface area contributed by atoms with Gasteiger partial charge in [-0.05, 0) is 17.9 Å². The molecule has 3 heteroatoms. The Kier molecular flexibility index (Phi) is 5.95. The summed E-state index contributed by atoms with van der Waals surface area (Å²) in [6.07, 6.45) is 10.5. The fourth-order valence-corrected chi connectivity index (χ4v) is 1.86. The van der Waals surface area contributed by atoms with Gasteiger partial charge in [-0.25, -0.2) is 9.97 Å². The second kappa shape index (κ2) is 7.25. The van der Waals surface area contributed by atoms with Crippen LogP contribution in [0.2, 0.25) is 0 Å². The van der Waals surface area contributed by atoms with Gasteiger partial charge >= 0.3 is 0 Å². The molecule has 0 saturated heterocycles. The van der Waals surface area contributed by atoms with E-state index in [0.717, 1.165) is 5.95 Å². The van der Waals surface area contributed by atoms with E-state index in [2.05, 4.69) is 23.8 Å². The van der Waals surface area contributed by atoms with E-state index < -0.39 is 0 Å². The first-order valence-corrected chi connectivity index (χ1v) is 6.64. The molecule has 0 amide bonds. The molecule has 1 heterocycles. The van der Waals surface area contributed by atoms with Crippen LogP contribution in [-0.2, 0) is 0 Å². The van der Waals surface area contributed by atoms with E-state index in [-0.39, 0.29) is 0 Å². The maximum Gasteiger partial charge on any atom is 0.224 e. The first-order valence-electron chi connectivity index (χ1n) is 6.64. The molecule has 0 N–H and O–H groups in total. The predicted octanol–water partition coefficient (Wildman–Crippen LogP) is 3.62. The minimum atomic E-state index is 0.572. The molecule has 3 nitrogen and oxygen atoms in total. The predicted molar refractivity (Wildman–Crippen MR) is 73.5 cm³/mol. The largest absolute Gasteiger partial charge is 0.347 e. The van der Waals surface area contributed by atoms with E-state index in [0.29, 0.717) is 5.92 Å². The first-order chi connectivity index (χ1) is 8.15. The monoisotopic (exact) mass is 235 g/mol. The van der Waals surface area contributed by atoms with E-state index in [4.69, 9.17) is 0 Å². The molecule has 1 atom stereocenters. The summed E-state index contributed by atoms with van der Waals surface area (Å²) in [5, 5.41) is 0. The molecule has 0 aliphatic carbocycles. The van der Waals surface area contributed by atoms with Gasteiger partial charge in [0, 0.05) is 26.5 Å². The van der Waals surface area contributed by atoms with Gasteiger partial charge in [0.2, 0.25) is 5.95 Å². The molecule has 1 aromatic heterocycles. The zero-order valence-corrected chi connectivity index (χ0v) is 11.6. The Morgan fingerprint density at radius 3 is 2.29 bits per heavy atom. The van der Waals surface area contributed by atoms with Crippen molar-refractivity contribution in [1.29, 1.82) is 0 Å². The van der Waals surface area contributed by atoms with Crippen LogP contribution >= 0.6 is 0 Å². The molecule has 0 radical (unpaired) electrons. The maximum atomic E-state index is 4.36. The highest BCUT2D eigenvalue weighted by Gasteiger charge is 2.07. The summed E-state index contributed by atoms with van der Waals surface area (Å²) in [5.74, 6) is 1.36. The van der Waals surface area contributed by atoms with Crippen LogP contribution in [-0.4, -0.2) is 24.1 Å². The van der Waals surface area contributed by atoms with E-state index in [1.165, 1.54) is 37.7 Å². The van der Waals surface area contributed by atoms with Gasteiger partial charge in [0.15, 0.2) is 0 Å². The van der Waals surface area contributed by atoms with Crippen molar-refractivity contribution in [3.63, 3.8) is 0 Å². The fraction of sp³-hybridized carbons (Fsp3) is 0.714. The number of hydrogen-bond acceptors (Lipinski definition) is 3. The molecule has 1 unspecified atom stereocenters. The molecular weight excluding hydrogens is 210 g/mol. The summed E-state index contributed by atoms with van der Waals surface area (Å²) in [7, 11) is 3.92. The van der Waals surface area contributed by atoms with Gasteiger partial charge in [0.05, 0.1) is 0 Å². The number of aromatic nitrogens is 2. The Balaban J connectivity index is 2.43. The van der Waals surface area contributed by atoms with Gasteiger partial charge in [-0.1, -0.05) is 39.5 Å². The van der Waals surface area contributed by atoms with Gasteiger partial charge < -0.3 is 4.90 Å². The van der Waals surface area contributed by atoms with E-state index in [9.17, 15) is 0 Å². The average Bonchev–Trinajstić information content (AvgIpc) is 2.34. The van der Waals surface area contributed by atoms with Gasteiger partial charge in [-0.2, -0.15) is 0 Å². The Bertz CT molecular complexity index is 306. The van der Waals surface area contributed by atoms with Crippen molar-refractivity contribution in [2.75, 3.05) is 19.0 Å². The lowest BCUT2D eigenvalue weighted by atomic mass is 9.97. The molecule has 0 spiro atoms. The quantitative estimate of drug-likeness (QED) is 0.676. The smallest absolute Gasteiger partial charge is 0.224 e. The van der Waals surface area contributed by atoms with Crippen molar-refractivity contribution in [3.05, 3.63) is 18.0 Å². The van der Waals surface area contributed by atoms with E-state index >= 15 is 0 Å². The Hall–Kier alpha value is -1.12. The van der Waals surface area contributed by atoms with Gasteiger partial charge in [-0.3, -0.25) is 0 Å². The first kappa shape index (κ1) is 13.9. The minimum absolute atomic E-state index is 0.572. The Labute approximate surface area is 105 Å². The standard InChI is InChI=1S/C14H25N3/c1-5-6-7-8-9-12(2)13-10-15-14(16-11-13)17(3)4/h10-12H,5-9H2,1-4H3. The maximum absolute atomic E-state index is 4.36. The Morgan fingerprint density at radius 2 is 1.76 bits per heavy atom. The molecule has 0 aliphatic rings. The minimum Gasteiger partial charge on any atom is -0.347 e. The number of rotatable bonds is 7. The highest BCUT2D eigenvalue weighted by molar-refractivity contribution is 5.27. The lowest BCUT2D eigenvalue weighted by molar-refractivity contribution is 0.577. The molecular formula is C14H25N3. The van der Waals surface area contributed by atoms with Crippen LogP contribution in [0.5, 0.6) is 0 Å². The second-order valence-electron chi connectivity index (χ2n) is 4.96. The topological polar surface area (TPSA) is 29.0 Å². The third kappa shape index (κ3) is 4.72. The highest BCUT2D eigenvalue weighted by Crippen LogP contribution is 2.21. The van der Waals surface area contributed by atoms with Crippen LogP contribution in [0.25, 0.3) is 0 Å². The van der Waals surface area contributed by atoms with E-state index in [1.807, 2.05) is 31.4 Å². The summed E-state index contributed by atoms with van der Waals surface area (Å²) in [5.41, 5.74) is 1.26. The average molecular weight is 235 g/mol. The lowest BCUT2D eigenvalue weighted by Gasteiger charge is -2.13. The number of hydrogen-bond donors (Lipinski definition) is 0. The fourth-order valence-electron chi connectivity index (χ4n) is 1.86. The van der Waals surface area contributed by atoms with Gasteiger partial charge in [0.1, 0.15) is 0 Å². The molecule has 0 aliphatic heterocycles. The normalized spacial score (nSPS) is 12.5. The third-order valence-corrected chi connectivity index (χ3v) is 3.12. The summed E-state index contributed by atoms with van der Waals surface area (Å²) < 4.78 is 0. The third-order valence-electron chi connectivity index (χ3n) is 3.12. The molecule has 0 fully saturated rings. The van der Waals surface area contributed by atoms with Gasteiger partial charge in [0.25, 0.3) is 0 Å². The summed E-state index contributed by atoms with van der Waals surface area (Å²) >= 11 is 0. The van der Waals surface area contributed by atoms with Crippen LogP contribution in [0, 0.1) is 0 Å². The molecule has 0 bridgehead atoms. The van der Waals surface area contributed by atoms with Crippen LogP contribution in [0.1, 0.15) is 57.4 Å². The van der Waals surface area contributed by atoms with Crippen LogP contribution in [0.4, 0.5) is 5.95 Å². The van der Waals surface area contributed by atoms with E-state index in [1.54, 1.807) is 0 Å². The van der Waals surface area contributed by atoms with Crippen molar-refractivity contribution in [2.45, 2.75) is 51.9 Å². The van der Waals surface area contributed by atoms with Crippen LogP contribution in [0.15, 0.2) is 12.4 Å². The molecule has 96 valence electrons. The highest BCUT2D eigenvalue weighted by atomic mass is 15.2. The number of nitrogens with zero attached hydrogens (tertiary/aromatic N) is 3. The second-order valence-corrected chi connectivity index (χ2v) is 4.96. The summed E-state index contributed by atoms with van der Waals surface area (Å²) in [4.78, 5) is 10.6. The molecule has 17 heavy (non-hydrogen) atoms. The SMILES string of the molecule is CCCCCCC(C)c1cnc(N(C)C)nc1. The van der Waals surface area contributed by atoms with Gasteiger partial charge in [-0.15, -0.1) is 0 Å².